The van der Waals surface area contributed by atoms with Gasteiger partial charge in [0.05, 0.1) is 12.1 Å². The average molecular weight is 173 g/mol. The third kappa shape index (κ3) is 0.992. The van der Waals surface area contributed by atoms with Crippen LogP contribution in [0.3, 0.4) is 0 Å². The summed E-state index contributed by atoms with van der Waals surface area (Å²) in [7, 11) is 3.32. The molecule has 2 unspecified atom stereocenters. The predicted molar refractivity (Wildman–Crippen MR) is 42.9 cm³/mol. The van der Waals surface area contributed by atoms with Gasteiger partial charge in [0.15, 0.2) is 0 Å². The maximum Gasteiger partial charge on any atom is 0.209 e. The van der Waals surface area contributed by atoms with Crippen LogP contribution in [0.2, 0.25) is 0 Å². The smallest absolute Gasteiger partial charge is 0.209 e. The predicted octanol–water partition coefficient (Wildman–Crippen LogP) is -0.264. The molecule has 0 aliphatic carbocycles. The van der Waals surface area contributed by atoms with Crippen molar-refractivity contribution in [3.8, 4) is 0 Å². The van der Waals surface area contributed by atoms with Gasteiger partial charge in [0.25, 0.3) is 0 Å². The van der Waals surface area contributed by atoms with E-state index in [1.165, 1.54) is 0 Å². The number of ether oxygens (including phenoxy) is 3. The molecule has 4 heteroatoms. The highest BCUT2D eigenvalue weighted by molar-refractivity contribution is 5.01. The molecule has 0 spiro atoms. The monoisotopic (exact) mass is 173 g/mol. The molecule has 70 valence electrons. The standard InChI is InChI=1S/C8H15NO3/c1-10-8(11-2)5-12-6-3-4-9-7(6)8/h6-7,9H,3-5H2,1-2H3. The van der Waals surface area contributed by atoms with Crippen LogP contribution in [0.25, 0.3) is 0 Å². The second-order valence-electron chi connectivity index (χ2n) is 3.29. The Hall–Kier alpha value is -0.160. The van der Waals surface area contributed by atoms with Crippen molar-refractivity contribution < 1.29 is 14.2 Å². The summed E-state index contributed by atoms with van der Waals surface area (Å²) in [6.07, 6.45) is 1.32. The van der Waals surface area contributed by atoms with Gasteiger partial charge in [0.2, 0.25) is 5.79 Å². The summed E-state index contributed by atoms with van der Waals surface area (Å²) in [6.45, 7) is 1.52. The molecule has 2 atom stereocenters. The molecule has 2 aliphatic rings. The van der Waals surface area contributed by atoms with E-state index in [1.54, 1.807) is 14.2 Å². The average Bonchev–Trinajstić information content (AvgIpc) is 2.64. The van der Waals surface area contributed by atoms with Gasteiger partial charge in [-0.1, -0.05) is 0 Å². The van der Waals surface area contributed by atoms with Crippen LogP contribution in [0.15, 0.2) is 0 Å². The van der Waals surface area contributed by atoms with Crippen LogP contribution in [-0.2, 0) is 14.2 Å². The lowest BCUT2D eigenvalue weighted by molar-refractivity contribution is -0.213. The van der Waals surface area contributed by atoms with E-state index >= 15 is 0 Å². The molecule has 12 heavy (non-hydrogen) atoms. The maximum atomic E-state index is 5.56. The number of rotatable bonds is 2. The maximum absolute atomic E-state index is 5.56. The van der Waals surface area contributed by atoms with Crippen LogP contribution in [-0.4, -0.2) is 45.3 Å². The minimum atomic E-state index is -0.554. The van der Waals surface area contributed by atoms with E-state index in [1.807, 2.05) is 0 Å². The minimum absolute atomic E-state index is 0.201. The summed E-state index contributed by atoms with van der Waals surface area (Å²) >= 11 is 0. The van der Waals surface area contributed by atoms with Gasteiger partial charge in [0.1, 0.15) is 6.61 Å². The van der Waals surface area contributed by atoms with E-state index in [4.69, 9.17) is 14.2 Å². The van der Waals surface area contributed by atoms with Crippen LogP contribution < -0.4 is 5.32 Å². The van der Waals surface area contributed by atoms with Crippen molar-refractivity contribution in [3.05, 3.63) is 0 Å². The molecule has 0 radical (unpaired) electrons. The number of nitrogens with one attached hydrogen (secondary N) is 1. The van der Waals surface area contributed by atoms with Crippen molar-refractivity contribution in [2.75, 3.05) is 27.4 Å². The Bertz CT molecular complexity index is 170. The van der Waals surface area contributed by atoms with Crippen LogP contribution in [0.1, 0.15) is 6.42 Å². The summed E-state index contributed by atoms with van der Waals surface area (Å²) in [5, 5.41) is 3.34. The first-order valence-electron chi connectivity index (χ1n) is 4.28. The fourth-order valence-electron chi connectivity index (χ4n) is 2.07. The van der Waals surface area contributed by atoms with E-state index in [2.05, 4.69) is 5.32 Å². The molecular formula is C8H15NO3. The highest BCUT2D eigenvalue weighted by atomic mass is 16.7. The van der Waals surface area contributed by atoms with Gasteiger partial charge in [0, 0.05) is 14.2 Å². The lowest BCUT2D eigenvalue weighted by Gasteiger charge is -2.29. The van der Waals surface area contributed by atoms with E-state index in [0.29, 0.717) is 6.61 Å². The molecule has 2 saturated heterocycles. The van der Waals surface area contributed by atoms with Crippen molar-refractivity contribution in [1.29, 1.82) is 0 Å². The number of methoxy groups -OCH3 is 2. The van der Waals surface area contributed by atoms with Crippen molar-refractivity contribution in [3.63, 3.8) is 0 Å². The first-order valence-corrected chi connectivity index (χ1v) is 4.28. The molecule has 0 amide bonds. The molecule has 0 aromatic rings. The Morgan fingerprint density at radius 3 is 2.83 bits per heavy atom. The zero-order valence-electron chi connectivity index (χ0n) is 7.50. The van der Waals surface area contributed by atoms with E-state index in [0.717, 1.165) is 13.0 Å². The molecule has 2 aliphatic heterocycles. The van der Waals surface area contributed by atoms with E-state index in [-0.39, 0.29) is 12.1 Å². The van der Waals surface area contributed by atoms with Crippen LogP contribution in [0.4, 0.5) is 0 Å². The lowest BCUT2D eigenvalue weighted by atomic mass is 10.1. The number of hydrogen-bond donors (Lipinski definition) is 1. The normalized spacial score (nSPS) is 38.5. The fraction of sp³-hybridized carbons (Fsp3) is 1.00. The second-order valence-corrected chi connectivity index (χ2v) is 3.29. The van der Waals surface area contributed by atoms with Gasteiger partial charge in [-0.2, -0.15) is 0 Å². The Balaban J connectivity index is 2.15. The van der Waals surface area contributed by atoms with Crippen molar-refractivity contribution in [2.45, 2.75) is 24.4 Å². The van der Waals surface area contributed by atoms with Gasteiger partial charge in [-0.3, -0.25) is 0 Å². The van der Waals surface area contributed by atoms with Gasteiger partial charge in [-0.05, 0) is 13.0 Å². The molecular weight excluding hydrogens is 158 g/mol. The van der Waals surface area contributed by atoms with Gasteiger partial charge >= 0.3 is 0 Å². The molecule has 2 rings (SSSR count). The van der Waals surface area contributed by atoms with Gasteiger partial charge in [-0.25, -0.2) is 0 Å². The molecule has 0 saturated carbocycles. The Labute approximate surface area is 72.2 Å². The van der Waals surface area contributed by atoms with Gasteiger partial charge < -0.3 is 19.5 Å². The minimum Gasteiger partial charge on any atom is -0.371 e. The van der Waals surface area contributed by atoms with Crippen LogP contribution in [0.5, 0.6) is 0 Å². The SMILES string of the molecule is COC1(OC)COC2CCNC21. The summed E-state index contributed by atoms with van der Waals surface area (Å²) < 4.78 is 16.3. The third-order valence-corrected chi connectivity index (χ3v) is 2.83. The summed E-state index contributed by atoms with van der Waals surface area (Å²) in [4.78, 5) is 0. The van der Waals surface area contributed by atoms with E-state index < -0.39 is 5.79 Å². The molecule has 2 fully saturated rings. The van der Waals surface area contributed by atoms with Crippen molar-refractivity contribution in [2.24, 2.45) is 0 Å². The zero-order chi connectivity index (χ0) is 8.60. The Morgan fingerprint density at radius 2 is 2.17 bits per heavy atom. The first kappa shape index (κ1) is 8.44. The molecule has 2 heterocycles. The number of hydrogen-bond acceptors (Lipinski definition) is 4. The molecule has 0 aromatic heterocycles. The summed E-state index contributed by atoms with van der Waals surface area (Å²) in [5.74, 6) is -0.554. The summed E-state index contributed by atoms with van der Waals surface area (Å²) in [6, 6.07) is 0.201. The Kier molecular flexibility index (Phi) is 2.08. The lowest BCUT2D eigenvalue weighted by Crippen LogP contribution is -2.51. The number of fused-ring (bicyclic) bond motifs is 1. The second kappa shape index (κ2) is 2.96. The topological polar surface area (TPSA) is 39.7 Å². The molecule has 1 N–H and O–H groups in total. The highest BCUT2D eigenvalue weighted by Gasteiger charge is 2.52. The van der Waals surface area contributed by atoms with Crippen molar-refractivity contribution >= 4 is 0 Å². The van der Waals surface area contributed by atoms with E-state index in [9.17, 15) is 0 Å². The molecule has 0 aromatic carbocycles. The van der Waals surface area contributed by atoms with Gasteiger partial charge in [-0.15, -0.1) is 0 Å². The Morgan fingerprint density at radius 1 is 1.42 bits per heavy atom. The van der Waals surface area contributed by atoms with Crippen molar-refractivity contribution in [1.82, 2.24) is 5.32 Å². The quantitative estimate of drug-likeness (QED) is 0.584. The third-order valence-electron chi connectivity index (χ3n) is 2.83. The van der Waals surface area contributed by atoms with Crippen LogP contribution in [0, 0.1) is 0 Å². The highest BCUT2D eigenvalue weighted by Crippen LogP contribution is 2.32. The summed E-state index contributed by atoms with van der Waals surface area (Å²) in [5.41, 5.74) is 0. The van der Waals surface area contributed by atoms with Crippen LogP contribution >= 0.6 is 0 Å². The first-order chi connectivity index (χ1) is 5.82. The zero-order valence-corrected chi connectivity index (χ0v) is 7.50. The fourth-order valence-corrected chi connectivity index (χ4v) is 2.07. The largest absolute Gasteiger partial charge is 0.371 e. The molecule has 4 nitrogen and oxygen atoms in total. The molecule has 0 bridgehead atoms.